The summed E-state index contributed by atoms with van der Waals surface area (Å²) in [5, 5.41) is 9.20. The fourth-order valence-electron chi connectivity index (χ4n) is 4.85. The van der Waals surface area contributed by atoms with Gasteiger partial charge in [0.15, 0.2) is 4.80 Å². The van der Waals surface area contributed by atoms with Gasteiger partial charge in [0, 0.05) is 10.0 Å². The van der Waals surface area contributed by atoms with Crippen molar-refractivity contribution in [3.8, 4) is 11.5 Å². The van der Waals surface area contributed by atoms with Crippen molar-refractivity contribution >= 4 is 45.3 Å². The van der Waals surface area contributed by atoms with E-state index in [9.17, 15) is 19.5 Å². The molecule has 9 nitrogen and oxygen atoms in total. The lowest BCUT2D eigenvalue weighted by molar-refractivity contribution is -0.143. The van der Waals surface area contributed by atoms with Crippen molar-refractivity contribution in [2.24, 2.45) is 4.99 Å². The van der Waals surface area contributed by atoms with Gasteiger partial charge in [-0.2, -0.15) is 0 Å². The van der Waals surface area contributed by atoms with Crippen molar-refractivity contribution in [3.05, 3.63) is 124 Å². The van der Waals surface area contributed by atoms with Gasteiger partial charge in [-0.25, -0.2) is 14.6 Å². The largest absolute Gasteiger partial charge is 0.496 e. The van der Waals surface area contributed by atoms with Crippen LogP contribution >= 0.6 is 27.3 Å². The molecule has 0 bridgehead atoms. The average Bonchev–Trinajstić information content (AvgIpc) is 3.29. The molecule has 3 aromatic carbocycles. The summed E-state index contributed by atoms with van der Waals surface area (Å²) in [6.07, 6.45) is 1.41. The third-order valence-electron chi connectivity index (χ3n) is 6.83. The molecule has 0 aliphatic carbocycles. The molecular formula is C33H29BrN2O7S. The number of carboxylic acids is 1. The molecule has 1 atom stereocenters. The van der Waals surface area contributed by atoms with Gasteiger partial charge < -0.3 is 19.3 Å². The Morgan fingerprint density at radius 2 is 1.86 bits per heavy atom. The van der Waals surface area contributed by atoms with Crippen molar-refractivity contribution in [2.45, 2.75) is 39.5 Å². The number of fused-ring (bicyclic) bond motifs is 1. The third kappa shape index (κ3) is 6.53. The highest BCUT2D eigenvalue weighted by Crippen LogP contribution is 2.37. The van der Waals surface area contributed by atoms with Gasteiger partial charge in [0.2, 0.25) is 0 Å². The van der Waals surface area contributed by atoms with E-state index in [0.717, 1.165) is 15.6 Å². The molecule has 2 heterocycles. The van der Waals surface area contributed by atoms with Gasteiger partial charge in [-0.15, -0.1) is 0 Å². The van der Waals surface area contributed by atoms with Crippen LogP contribution in [0.15, 0.2) is 92.3 Å². The number of thiazole rings is 1. The lowest BCUT2D eigenvalue weighted by atomic mass is 9.95. The van der Waals surface area contributed by atoms with E-state index in [4.69, 9.17) is 14.2 Å². The first-order valence-corrected chi connectivity index (χ1v) is 15.3. The molecule has 1 aliphatic rings. The van der Waals surface area contributed by atoms with Gasteiger partial charge in [0.1, 0.15) is 24.1 Å². The van der Waals surface area contributed by atoms with Gasteiger partial charge in [0.05, 0.1) is 34.6 Å². The minimum absolute atomic E-state index is 0.197. The van der Waals surface area contributed by atoms with Crippen LogP contribution in [0.2, 0.25) is 0 Å². The number of allylic oxidation sites excluding steroid dienone is 1. The second-order valence-corrected chi connectivity index (χ2v) is 12.2. The average molecular weight is 678 g/mol. The number of carboxylic acid groups (broad SMARTS) is 1. The Hall–Kier alpha value is -4.48. The molecule has 1 N–H and O–H groups in total. The SMILES string of the molecule is COc1ccc(Br)cc1[C@@H]1C(C(=O)OC(C)C)=C(C)N=c2s/c(=C\c3ccc(OCc4cccc(C(=O)O)c4)cc3)c(=O)n21. The summed E-state index contributed by atoms with van der Waals surface area (Å²) >= 11 is 4.75. The molecule has 0 saturated carbocycles. The van der Waals surface area contributed by atoms with E-state index >= 15 is 0 Å². The number of aromatic carboxylic acids is 1. The minimum atomic E-state index is -0.995. The van der Waals surface area contributed by atoms with Crippen molar-refractivity contribution in [1.29, 1.82) is 0 Å². The van der Waals surface area contributed by atoms with Crippen LogP contribution in [0.4, 0.5) is 0 Å². The number of esters is 1. The van der Waals surface area contributed by atoms with E-state index in [-0.39, 0.29) is 29.4 Å². The summed E-state index contributed by atoms with van der Waals surface area (Å²) in [7, 11) is 1.54. The molecule has 0 spiro atoms. The summed E-state index contributed by atoms with van der Waals surface area (Å²) in [6.45, 7) is 5.48. The molecular weight excluding hydrogens is 648 g/mol. The molecule has 0 fully saturated rings. The number of halogens is 1. The molecule has 0 unspecified atom stereocenters. The maximum absolute atomic E-state index is 14.0. The number of ether oxygens (including phenoxy) is 3. The van der Waals surface area contributed by atoms with Crippen LogP contribution < -0.4 is 24.4 Å². The number of nitrogens with zero attached hydrogens (tertiary/aromatic N) is 2. The predicted octanol–water partition coefficient (Wildman–Crippen LogP) is 5.24. The van der Waals surface area contributed by atoms with Gasteiger partial charge in [-0.3, -0.25) is 9.36 Å². The number of hydrogen-bond donors (Lipinski definition) is 1. The Bertz CT molecular complexity index is 1960. The van der Waals surface area contributed by atoms with E-state index in [1.807, 2.05) is 24.3 Å². The quantitative estimate of drug-likeness (QED) is 0.241. The summed E-state index contributed by atoms with van der Waals surface area (Å²) in [5.74, 6) is -0.434. The summed E-state index contributed by atoms with van der Waals surface area (Å²) < 4.78 is 19.8. The molecule has 11 heteroatoms. The zero-order valence-corrected chi connectivity index (χ0v) is 26.8. The molecule has 1 aromatic heterocycles. The van der Waals surface area contributed by atoms with Crippen LogP contribution in [-0.2, 0) is 16.1 Å². The topological polar surface area (TPSA) is 116 Å². The number of hydrogen-bond acceptors (Lipinski definition) is 8. The number of carbonyl (C=O) groups is 2. The smallest absolute Gasteiger partial charge is 0.338 e. The monoisotopic (exact) mass is 676 g/mol. The zero-order valence-electron chi connectivity index (χ0n) is 24.4. The Kier molecular flexibility index (Phi) is 9.17. The van der Waals surface area contributed by atoms with Gasteiger partial charge in [-0.1, -0.05) is 51.5 Å². The number of rotatable bonds is 9. The molecule has 1 aliphatic heterocycles. The van der Waals surface area contributed by atoms with Crippen LogP contribution in [0.25, 0.3) is 6.08 Å². The molecule has 0 radical (unpaired) electrons. The van der Waals surface area contributed by atoms with Crippen LogP contribution in [-0.4, -0.2) is 34.8 Å². The normalized spacial score (nSPS) is 14.7. The van der Waals surface area contributed by atoms with E-state index in [0.29, 0.717) is 32.1 Å². The maximum Gasteiger partial charge on any atom is 0.338 e. The predicted molar refractivity (Wildman–Crippen MR) is 170 cm³/mol. The van der Waals surface area contributed by atoms with Crippen LogP contribution in [0.5, 0.6) is 11.5 Å². The fraction of sp³-hybridized carbons (Fsp3) is 0.212. The van der Waals surface area contributed by atoms with Crippen LogP contribution in [0, 0.1) is 0 Å². The van der Waals surface area contributed by atoms with Crippen molar-refractivity contribution in [2.75, 3.05) is 7.11 Å². The third-order valence-corrected chi connectivity index (χ3v) is 8.30. The van der Waals surface area contributed by atoms with Crippen molar-refractivity contribution in [1.82, 2.24) is 4.57 Å². The van der Waals surface area contributed by atoms with Crippen molar-refractivity contribution in [3.63, 3.8) is 0 Å². The number of carbonyl (C=O) groups excluding carboxylic acids is 1. The molecule has 0 saturated heterocycles. The highest BCUT2D eigenvalue weighted by atomic mass is 79.9. The lowest BCUT2D eigenvalue weighted by Gasteiger charge is -2.26. The van der Waals surface area contributed by atoms with Crippen molar-refractivity contribution < 1.29 is 28.9 Å². The van der Waals surface area contributed by atoms with Gasteiger partial charge >= 0.3 is 11.9 Å². The standard InChI is InChI=1S/C33H29BrN2O7S/c1-18(2)43-32(40)28-19(3)35-33-36(29(28)25-16-23(34)10-13-26(25)41-4)30(37)27(44-33)15-20-8-11-24(12-9-20)42-17-21-6-5-7-22(14-21)31(38)39/h5-16,18,29H,17H2,1-4H3,(H,38,39)/b27-15-/t29-/m1/s1. The molecule has 44 heavy (non-hydrogen) atoms. The van der Waals surface area contributed by atoms with Crippen LogP contribution in [0.1, 0.15) is 53.9 Å². The summed E-state index contributed by atoms with van der Waals surface area (Å²) in [5.41, 5.74) is 2.75. The summed E-state index contributed by atoms with van der Waals surface area (Å²) in [4.78, 5) is 43.7. The molecule has 4 aromatic rings. The number of benzene rings is 3. The first-order chi connectivity index (χ1) is 21.0. The van der Waals surface area contributed by atoms with E-state index < -0.39 is 18.0 Å². The number of aromatic nitrogens is 1. The van der Waals surface area contributed by atoms with Crippen LogP contribution in [0.3, 0.4) is 0 Å². The van der Waals surface area contributed by atoms with Gasteiger partial charge in [-0.05, 0) is 80.4 Å². The highest BCUT2D eigenvalue weighted by Gasteiger charge is 2.35. The fourth-order valence-corrected chi connectivity index (χ4v) is 6.27. The van der Waals surface area contributed by atoms with E-state index in [1.54, 1.807) is 70.4 Å². The van der Waals surface area contributed by atoms with E-state index in [1.165, 1.54) is 22.0 Å². The second kappa shape index (κ2) is 13.0. The zero-order chi connectivity index (χ0) is 31.5. The molecule has 5 rings (SSSR count). The van der Waals surface area contributed by atoms with E-state index in [2.05, 4.69) is 20.9 Å². The second-order valence-electron chi connectivity index (χ2n) is 10.3. The first kappa shape index (κ1) is 31.0. The minimum Gasteiger partial charge on any atom is -0.496 e. The molecule has 226 valence electrons. The number of methoxy groups -OCH3 is 1. The summed E-state index contributed by atoms with van der Waals surface area (Å²) in [6, 6.07) is 18.4. The Balaban J connectivity index is 1.51. The Labute approximate surface area is 265 Å². The first-order valence-electron chi connectivity index (χ1n) is 13.7. The lowest BCUT2D eigenvalue weighted by Crippen LogP contribution is -2.40. The van der Waals surface area contributed by atoms with Gasteiger partial charge in [0.25, 0.3) is 5.56 Å². The maximum atomic E-state index is 14.0. The Morgan fingerprint density at radius 3 is 2.55 bits per heavy atom. The highest BCUT2D eigenvalue weighted by molar-refractivity contribution is 9.10. The Morgan fingerprint density at radius 1 is 1.11 bits per heavy atom. The molecule has 0 amide bonds.